The van der Waals surface area contributed by atoms with Crippen LogP contribution in [0.25, 0.3) is 0 Å². The molecule has 0 saturated heterocycles. The minimum Gasteiger partial charge on any atom is -0.399 e. The van der Waals surface area contributed by atoms with E-state index >= 15 is 0 Å². The molecule has 24 heavy (non-hydrogen) atoms. The molecule has 4 N–H and O–H groups in total. The van der Waals surface area contributed by atoms with Gasteiger partial charge in [0.15, 0.2) is 0 Å². The van der Waals surface area contributed by atoms with Gasteiger partial charge in [0.2, 0.25) is 11.8 Å². The van der Waals surface area contributed by atoms with Gasteiger partial charge in [-0.3, -0.25) is 9.59 Å². The third kappa shape index (κ3) is 4.33. The van der Waals surface area contributed by atoms with Gasteiger partial charge in [-0.15, -0.1) is 0 Å². The van der Waals surface area contributed by atoms with Crippen LogP contribution in [0, 0.1) is 0 Å². The van der Waals surface area contributed by atoms with Crippen LogP contribution in [0.4, 0.5) is 27.5 Å². The summed E-state index contributed by atoms with van der Waals surface area (Å²) < 4.78 is 0. The van der Waals surface area contributed by atoms with Crippen molar-refractivity contribution >= 4 is 40.6 Å². The predicted octanol–water partition coefficient (Wildman–Crippen LogP) is 2.81. The molecule has 7 heteroatoms. The maximum absolute atomic E-state index is 12.5. The van der Waals surface area contributed by atoms with Crippen LogP contribution in [-0.4, -0.2) is 17.8 Å². The molecule has 0 spiro atoms. The van der Waals surface area contributed by atoms with Gasteiger partial charge in [0.05, 0.1) is 5.69 Å². The van der Waals surface area contributed by atoms with E-state index in [1.165, 1.54) is 19.9 Å². The van der Waals surface area contributed by atoms with Crippen LogP contribution >= 0.6 is 0 Å². The normalized spacial score (nSPS) is 9.92. The summed E-state index contributed by atoms with van der Waals surface area (Å²) in [6.07, 6.45) is 0. The third-order valence-corrected chi connectivity index (χ3v) is 3.08. The number of urea groups is 1. The van der Waals surface area contributed by atoms with Crippen molar-refractivity contribution in [3.05, 3.63) is 48.5 Å². The van der Waals surface area contributed by atoms with Crippen molar-refractivity contribution in [3.63, 3.8) is 0 Å². The lowest BCUT2D eigenvalue weighted by Crippen LogP contribution is -2.38. The fourth-order valence-electron chi connectivity index (χ4n) is 2.16. The Hall–Kier alpha value is -3.35. The first-order valence-corrected chi connectivity index (χ1v) is 7.21. The van der Waals surface area contributed by atoms with Crippen LogP contribution in [0.2, 0.25) is 0 Å². The van der Waals surface area contributed by atoms with Crippen molar-refractivity contribution < 1.29 is 14.4 Å². The molecule has 2 aromatic carbocycles. The number of benzene rings is 2. The highest BCUT2D eigenvalue weighted by Gasteiger charge is 2.20. The number of hydrogen-bond acceptors (Lipinski definition) is 4. The average molecular weight is 326 g/mol. The lowest BCUT2D eigenvalue weighted by molar-refractivity contribution is -0.116. The van der Waals surface area contributed by atoms with Crippen LogP contribution in [0.1, 0.15) is 13.8 Å². The van der Waals surface area contributed by atoms with Crippen LogP contribution in [-0.2, 0) is 9.59 Å². The quantitative estimate of drug-likeness (QED) is 0.754. The summed E-state index contributed by atoms with van der Waals surface area (Å²) in [5.41, 5.74) is 7.51. The molecular formula is C17H18N4O3. The van der Waals surface area contributed by atoms with Crippen LogP contribution < -0.4 is 21.3 Å². The van der Waals surface area contributed by atoms with Crippen molar-refractivity contribution in [2.24, 2.45) is 0 Å². The Bertz CT molecular complexity index is 789. The van der Waals surface area contributed by atoms with Gasteiger partial charge >= 0.3 is 6.03 Å². The van der Waals surface area contributed by atoms with E-state index in [1.807, 2.05) is 0 Å². The number of nitrogens with one attached hydrogen (secondary N) is 2. The van der Waals surface area contributed by atoms with Crippen molar-refractivity contribution in [1.82, 2.24) is 0 Å². The van der Waals surface area contributed by atoms with Crippen molar-refractivity contribution in [2.45, 2.75) is 13.8 Å². The molecule has 4 amide bonds. The second-order valence-electron chi connectivity index (χ2n) is 5.14. The van der Waals surface area contributed by atoms with E-state index in [-0.39, 0.29) is 5.91 Å². The number of rotatable bonds is 3. The molecule has 0 atom stereocenters. The minimum atomic E-state index is -0.618. The van der Waals surface area contributed by atoms with Crippen molar-refractivity contribution in [3.8, 4) is 0 Å². The maximum atomic E-state index is 12.5. The highest BCUT2D eigenvalue weighted by molar-refractivity contribution is 6.18. The average Bonchev–Trinajstić information content (AvgIpc) is 2.46. The molecule has 0 aromatic heterocycles. The summed E-state index contributed by atoms with van der Waals surface area (Å²) in [6, 6.07) is 12.5. The van der Waals surface area contributed by atoms with E-state index in [1.54, 1.807) is 42.5 Å². The third-order valence-electron chi connectivity index (χ3n) is 3.08. The van der Waals surface area contributed by atoms with E-state index in [4.69, 9.17) is 5.73 Å². The van der Waals surface area contributed by atoms with Crippen molar-refractivity contribution in [2.75, 3.05) is 21.3 Å². The summed E-state index contributed by atoms with van der Waals surface area (Å²) >= 11 is 0. The molecule has 124 valence electrons. The Balaban J connectivity index is 2.23. The largest absolute Gasteiger partial charge is 0.399 e. The molecule has 0 unspecified atom stereocenters. The van der Waals surface area contributed by atoms with Crippen LogP contribution in [0.5, 0.6) is 0 Å². The van der Waals surface area contributed by atoms with Gasteiger partial charge in [-0.05, 0) is 36.4 Å². The molecule has 0 saturated carbocycles. The Morgan fingerprint density at radius 3 is 2.12 bits per heavy atom. The number of nitrogens with two attached hydrogens (primary N) is 1. The molecule has 2 aromatic rings. The first kappa shape index (κ1) is 17.0. The number of nitrogens with zero attached hydrogens (tertiary/aromatic N) is 1. The molecule has 0 aliphatic rings. The van der Waals surface area contributed by atoms with Gasteiger partial charge in [-0.25, -0.2) is 9.69 Å². The van der Waals surface area contributed by atoms with Crippen LogP contribution in [0.3, 0.4) is 0 Å². The topological polar surface area (TPSA) is 105 Å². The number of imide groups is 1. The number of carbonyl (C=O) groups excluding carboxylic acids is 3. The number of anilines is 4. The molecule has 0 bridgehead atoms. The van der Waals surface area contributed by atoms with E-state index < -0.39 is 11.9 Å². The number of carbonyl (C=O) groups is 3. The molecule has 0 aliphatic heterocycles. The van der Waals surface area contributed by atoms with Gasteiger partial charge in [-0.2, -0.15) is 0 Å². The summed E-state index contributed by atoms with van der Waals surface area (Å²) in [5.74, 6) is -0.667. The highest BCUT2D eigenvalue weighted by Crippen LogP contribution is 2.20. The van der Waals surface area contributed by atoms with Crippen LogP contribution in [0.15, 0.2) is 48.5 Å². The Morgan fingerprint density at radius 2 is 1.54 bits per heavy atom. The second kappa shape index (κ2) is 7.28. The first-order valence-electron chi connectivity index (χ1n) is 7.21. The fraction of sp³-hybridized carbons (Fsp3) is 0.118. The molecule has 0 radical (unpaired) electrons. The van der Waals surface area contributed by atoms with Gasteiger partial charge in [0.1, 0.15) is 0 Å². The lowest BCUT2D eigenvalue weighted by Gasteiger charge is -2.20. The zero-order valence-corrected chi connectivity index (χ0v) is 13.4. The molecule has 2 rings (SSSR count). The van der Waals surface area contributed by atoms with Gasteiger partial charge < -0.3 is 16.4 Å². The van der Waals surface area contributed by atoms with E-state index in [0.717, 1.165) is 4.90 Å². The van der Waals surface area contributed by atoms with Gasteiger partial charge in [0.25, 0.3) is 0 Å². The van der Waals surface area contributed by atoms with Gasteiger partial charge in [0, 0.05) is 30.9 Å². The smallest absolute Gasteiger partial charge is 0.333 e. The Kier molecular flexibility index (Phi) is 5.16. The summed E-state index contributed by atoms with van der Waals surface area (Å²) in [7, 11) is 0. The van der Waals surface area contributed by atoms with E-state index in [0.29, 0.717) is 22.7 Å². The molecule has 0 fully saturated rings. The summed E-state index contributed by atoms with van der Waals surface area (Å²) in [6.45, 7) is 2.68. The monoisotopic (exact) mass is 326 g/mol. The highest BCUT2D eigenvalue weighted by atomic mass is 16.2. The van der Waals surface area contributed by atoms with Gasteiger partial charge in [-0.1, -0.05) is 12.1 Å². The number of amides is 4. The summed E-state index contributed by atoms with van der Waals surface area (Å²) in [4.78, 5) is 36.4. The molecule has 0 aliphatic carbocycles. The standard InChI is InChI=1S/C17H18N4O3/c1-11(22)19-14-6-4-7-15(10-14)20-17(24)21(12(2)23)16-8-3-5-13(18)9-16/h3-10H,18H2,1-2H3,(H,19,22)(H,20,24). The maximum Gasteiger partial charge on any atom is 0.333 e. The Labute approximate surface area is 139 Å². The summed E-state index contributed by atoms with van der Waals surface area (Å²) in [5, 5.41) is 5.25. The molecule has 0 heterocycles. The van der Waals surface area contributed by atoms with E-state index in [9.17, 15) is 14.4 Å². The minimum absolute atomic E-state index is 0.219. The zero-order chi connectivity index (χ0) is 17.7. The van der Waals surface area contributed by atoms with E-state index in [2.05, 4.69) is 10.6 Å². The number of nitrogen functional groups attached to an aromatic ring is 1. The second-order valence-corrected chi connectivity index (χ2v) is 5.14. The molecular weight excluding hydrogens is 308 g/mol. The predicted molar refractivity (Wildman–Crippen MR) is 93.8 cm³/mol. The zero-order valence-electron chi connectivity index (χ0n) is 13.4. The molecule has 7 nitrogen and oxygen atoms in total. The fourth-order valence-corrected chi connectivity index (χ4v) is 2.16. The first-order chi connectivity index (χ1) is 11.4. The number of hydrogen-bond donors (Lipinski definition) is 3. The van der Waals surface area contributed by atoms with Crippen molar-refractivity contribution in [1.29, 1.82) is 0 Å². The lowest BCUT2D eigenvalue weighted by atomic mass is 10.2. The Morgan fingerprint density at radius 1 is 0.917 bits per heavy atom. The SMILES string of the molecule is CC(=O)Nc1cccc(NC(=O)N(C(C)=O)c2cccc(N)c2)c1.